The van der Waals surface area contributed by atoms with Crippen LogP contribution in [0.5, 0.6) is 0 Å². The van der Waals surface area contributed by atoms with Crippen molar-refractivity contribution in [3.8, 4) is 0 Å². The first-order chi connectivity index (χ1) is 10.4. The predicted octanol–water partition coefficient (Wildman–Crippen LogP) is 3.51. The minimum absolute atomic E-state index is 0.000818. The number of likely N-dealkylation sites (tertiary alicyclic amines) is 1. The first-order valence-electron chi connectivity index (χ1n) is 7.31. The smallest absolute Gasteiger partial charge is 0.435 e. The van der Waals surface area contributed by atoms with E-state index in [-0.39, 0.29) is 24.7 Å². The Labute approximate surface area is 134 Å². The highest BCUT2D eigenvalue weighted by atomic mass is 35.5. The van der Waals surface area contributed by atoms with Gasteiger partial charge in [0.2, 0.25) is 0 Å². The second kappa shape index (κ2) is 6.58. The highest BCUT2D eigenvalue weighted by Crippen LogP contribution is 2.29. The van der Waals surface area contributed by atoms with Gasteiger partial charge >= 0.3 is 12.0 Å². The van der Waals surface area contributed by atoms with Crippen LogP contribution in [0.1, 0.15) is 43.0 Å². The molecule has 1 aromatic carbocycles. The molecule has 118 valence electrons. The topological polar surface area (TPSA) is 71.4 Å². The fourth-order valence-electron chi connectivity index (χ4n) is 3.06. The lowest BCUT2D eigenvalue weighted by Gasteiger charge is -2.29. The quantitative estimate of drug-likeness (QED) is 0.679. The van der Waals surface area contributed by atoms with Crippen LogP contribution in [0.3, 0.4) is 0 Å². The van der Waals surface area contributed by atoms with Gasteiger partial charge in [-0.1, -0.05) is 23.7 Å². The number of imide groups is 1. The van der Waals surface area contributed by atoms with Crippen molar-refractivity contribution in [3.05, 3.63) is 34.9 Å². The molecule has 1 N–H and O–H groups in total. The summed E-state index contributed by atoms with van der Waals surface area (Å²) in [5.74, 6) is -0.598. The second-order valence-corrected chi connectivity index (χ2v) is 6.13. The van der Waals surface area contributed by atoms with Gasteiger partial charge in [-0.15, -0.1) is 0 Å². The number of quaternary nitrogens is 1. The first-order valence-corrected chi connectivity index (χ1v) is 7.69. The van der Waals surface area contributed by atoms with Crippen LogP contribution in [0.15, 0.2) is 24.3 Å². The summed E-state index contributed by atoms with van der Waals surface area (Å²) < 4.78 is -0.553. The number of carboxylic acid groups (broad SMARTS) is 1. The van der Waals surface area contributed by atoms with E-state index < -0.39 is 16.5 Å². The molecule has 1 aromatic rings. The lowest BCUT2D eigenvalue weighted by atomic mass is 10.1. The number of halogens is 1. The van der Waals surface area contributed by atoms with E-state index in [1.54, 1.807) is 31.2 Å². The van der Waals surface area contributed by atoms with Crippen LogP contribution < -0.4 is 0 Å². The predicted molar refractivity (Wildman–Crippen MR) is 81.9 cm³/mol. The van der Waals surface area contributed by atoms with Crippen molar-refractivity contribution in [3.63, 3.8) is 0 Å². The number of benzene rings is 1. The highest BCUT2D eigenvalue weighted by molar-refractivity contribution is 6.31. The highest BCUT2D eigenvalue weighted by Gasteiger charge is 2.52. The van der Waals surface area contributed by atoms with Gasteiger partial charge in [0.05, 0.1) is 13.0 Å². The number of carbonyl (C=O) groups excluding carboxylic acids is 2. The molecule has 2 atom stereocenters. The van der Waals surface area contributed by atoms with Crippen LogP contribution in [-0.4, -0.2) is 40.0 Å². The van der Waals surface area contributed by atoms with Crippen LogP contribution in [0.2, 0.25) is 5.02 Å². The molecule has 5 nitrogen and oxygen atoms in total. The molecule has 1 unspecified atom stereocenters. The molecular formula is C16H19ClNO4+. The van der Waals surface area contributed by atoms with Gasteiger partial charge in [-0.05, 0) is 19.1 Å². The van der Waals surface area contributed by atoms with Gasteiger partial charge in [0.15, 0.2) is 5.78 Å². The fraction of sp³-hybridized carbons (Fsp3) is 0.438. The zero-order valence-corrected chi connectivity index (χ0v) is 13.2. The maximum absolute atomic E-state index is 12.4. The van der Waals surface area contributed by atoms with Crippen molar-refractivity contribution < 1.29 is 24.0 Å². The van der Waals surface area contributed by atoms with E-state index in [4.69, 9.17) is 11.6 Å². The number of ketones is 1. The molecule has 1 saturated heterocycles. The van der Waals surface area contributed by atoms with Crippen molar-refractivity contribution in [2.45, 2.75) is 38.6 Å². The molecule has 1 aliphatic heterocycles. The van der Waals surface area contributed by atoms with E-state index in [1.165, 1.54) is 0 Å². The summed E-state index contributed by atoms with van der Waals surface area (Å²) in [6.07, 6.45) is 0.230. The Bertz CT molecular complexity index is 616. The molecule has 0 bridgehead atoms. The van der Waals surface area contributed by atoms with Crippen molar-refractivity contribution in [1.82, 2.24) is 0 Å². The molecule has 0 aliphatic carbocycles. The Hall–Kier alpha value is -1.72. The van der Waals surface area contributed by atoms with Gasteiger partial charge in [0, 0.05) is 29.8 Å². The number of hydrogen-bond donors (Lipinski definition) is 1. The lowest BCUT2D eigenvalue weighted by Crippen LogP contribution is -2.58. The van der Waals surface area contributed by atoms with Gasteiger partial charge < -0.3 is 5.11 Å². The van der Waals surface area contributed by atoms with Gasteiger partial charge in [-0.2, -0.15) is 9.28 Å². The summed E-state index contributed by atoms with van der Waals surface area (Å²) in [4.78, 5) is 36.1. The molecule has 0 radical (unpaired) electrons. The van der Waals surface area contributed by atoms with E-state index in [2.05, 4.69) is 0 Å². The molecule has 1 heterocycles. The zero-order chi connectivity index (χ0) is 16.3. The third-order valence-corrected chi connectivity index (χ3v) is 4.62. The maximum atomic E-state index is 12.4. The summed E-state index contributed by atoms with van der Waals surface area (Å²) in [5.41, 5.74) is 0.441. The number of carbonyl (C=O) groups is 3. The molecule has 2 amide bonds. The van der Waals surface area contributed by atoms with Crippen LogP contribution in [0.25, 0.3) is 0 Å². The molecular weight excluding hydrogens is 306 g/mol. The normalized spacial score (nSPS) is 24.2. The van der Waals surface area contributed by atoms with Crippen molar-refractivity contribution >= 4 is 29.4 Å². The molecule has 0 spiro atoms. The lowest BCUT2D eigenvalue weighted by molar-refractivity contribution is -0.792. The first kappa shape index (κ1) is 16.6. The molecule has 6 heteroatoms. The molecule has 22 heavy (non-hydrogen) atoms. The Morgan fingerprint density at radius 1 is 1.32 bits per heavy atom. The Morgan fingerprint density at radius 3 is 2.59 bits per heavy atom. The minimum atomic E-state index is -1.12. The number of rotatable bonds is 4. The van der Waals surface area contributed by atoms with Crippen LogP contribution in [0, 0.1) is 0 Å². The summed E-state index contributed by atoms with van der Waals surface area (Å²) in [5, 5.41) is 9.93. The van der Waals surface area contributed by atoms with Gasteiger partial charge in [-0.3, -0.25) is 4.79 Å². The van der Waals surface area contributed by atoms with E-state index in [0.29, 0.717) is 30.0 Å². The molecule has 0 aromatic heterocycles. The van der Waals surface area contributed by atoms with Gasteiger partial charge in [0.1, 0.15) is 6.04 Å². The van der Waals surface area contributed by atoms with E-state index >= 15 is 0 Å². The monoisotopic (exact) mass is 324 g/mol. The number of hydrogen-bond acceptors (Lipinski definition) is 3. The maximum Gasteiger partial charge on any atom is 0.521 e. The summed E-state index contributed by atoms with van der Waals surface area (Å²) in [6.45, 7) is 2.08. The van der Waals surface area contributed by atoms with Crippen LogP contribution >= 0.6 is 11.6 Å². The molecule has 2 rings (SSSR count). The average Bonchev–Trinajstić information content (AvgIpc) is 2.87. The average molecular weight is 325 g/mol. The van der Waals surface area contributed by atoms with Crippen LogP contribution in [-0.2, 0) is 4.79 Å². The van der Waals surface area contributed by atoms with Gasteiger partial charge in [0.25, 0.3) is 0 Å². The third kappa shape index (κ3) is 3.05. The van der Waals surface area contributed by atoms with Crippen molar-refractivity contribution in [2.75, 3.05) is 6.54 Å². The Balaban J connectivity index is 2.06. The Kier molecular flexibility index (Phi) is 4.98. The second-order valence-electron chi connectivity index (χ2n) is 5.69. The van der Waals surface area contributed by atoms with Gasteiger partial charge in [-0.25, -0.2) is 4.79 Å². The zero-order valence-electron chi connectivity index (χ0n) is 12.4. The Morgan fingerprint density at radius 2 is 2.05 bits per heavy atom. The molecule has 0 saturated carbocycles. The minimum Gasteiger partial charge on any atom is -0.435 e. The van der Waals surface area contributed by atoms with E-state index in [1.807, 2.05) is 0 Å². The number of amides is 2. The van der Waals surface area contributed by atoms with E-state index in [0.717, 1.165) is 0 Å². The summed E-state index contributed by atoms with van der Waals surface area (Å²) in [6, 6.07) is 6.28. The largest absolute Gasteiger partial charge is 0.521 e. The summed E-state index contributed by atoms with van der Waals surface area (Å²) >= 11 is 5.84. The number of nitrogens with zero attached hydrogens (tertiary/aromatic N) is 1. The standard InChI is InChI=1S/C16H18ClNO4/c1-11-4-3-9-18(11,16(21)22)15(20)8-7-14(19)12-5-2-6-13(17)10-12/h2,5-6,10-11H,3-4,7-9H2,1H3/p+1/t11-,18?/m1/s1. The van der Waals surface area contributed by atoms with Crippen molar-refractivity contribution in [1.29, 1.82) is 0 Å². The molecule has 1 fully saturated rings. The SMILES string of the molecule is C[C@@H]1CCC[N+]1(C(=O)O)C(=O)CCC(=O)c1cccc(Cl)c1. The van der Waals surface area contributed by atoms with Crippen molar-refractivity contribution in [2.24, 2.45) is 0 Å². The fourth-order valence-corrected chi connectivity index (χ4v) is 3.25. The van der Waals surface area contributed by atoms with Crippen LogP contribution in [0.4, 0.5) is 4.79 Å². The van der Waals surface area contributed by atoms with E-state index in [9.17, 15) is 19.5 Å². The summed E-state index contributed by atoms with van der Waals surface area (Å²) in [7, 11) is 0. The molecule has 1 aliphatic rings. The number of Topliss-reactive ketones (excluding diaryl/α,β-unsaturated/α-hetero) is 1. The third-order valence-electron chi connectivity index (χ3n) is 4.38.